The van der Waals surface area contributed by atoms with E-state index < -0.39 is 0 Å². The van der Waals surface area contributed by atoms with Crippen LogP contribution in [0.4, 0.5) is 0 Å². The van der Waals surface area contributed by atoms with Gasteiger partial charge in [0.2, 0.25) is 0 Å². The molecule has 2 rings (SSSR count). The highest BCUT2D eigenvalue weighted by Gasteiger charge is 2.16. The van der Waals surface area contributed by atoms with Crippen molar-refractivity contribution in [2.75, 3.05) is 20.2 Å². The van der Waals surface area contributed by atoms with Crippen molar-refractivity contribution in [1.29, 1.82) is 0 Å². The Morgan fingerprint density at radius 1 is 1.44 bits per heavy atom. The van der Waals surface area contributed by atoms with Gasteiger partial charge in [-0.2, -0.15) is 0 Å². The molecule has 0 saturated heterocycles. The molecule has 25 heavy (non-hydrogen) atoms. The first-order chi connectivity index (χ1) is 12.2. The summed E-state index contributed by atoms with van der Waals surface area (Å²) in [5.74, 6) is 0. The third kappa shape index (κ3) is 11.1. The molecule has 1 aromatic heterocycles. The van der Waals surface area contributed by atoms with Crippen LogP contribution in [0.1, 0.15) is 31.2 Å². The molecule has 0 radical (unpaired) electrons. The lowest BCUT2D eigenvalue weighted by Gasteiger charge is -2.27. The number of nitrogens with zero attached hydrogens (tertiary/aromatic N) is 1. The normalized spacial score (nSPS) is 13.0. The van der Waals surface area contributed by atoms with Gasteiger partial charge in [-0.05, 0) is 35.9 Å². The Morgan fingerprint density at radius 3 is 2.60 bits per heavy atom. The van der Waals surface area contributed by atoms with Crippen molar-refractivity contribution in [2.45, 2.75) is 33.7 Å². The fraction of sp³-hybridized carbons (Fsp3) is 0.381. The van der Waals surface area contributed by atoms with Crippen molar-refractivity contribution >= 4 is 17.8 Å². The Kier molecular flexibility index (Phi) is 18.4. The average molecular weight is 362 g/mol. The van der Waals surface area contributed by atoms with E-state index in [4.69, 9.17) is 4.79 Å². The summed E-state index contributed by atoms with van der Waals surface area (Å²) < 4.78 is 3.86. The Labute approximate surface area is 157 Å². The van der Waals surface area contributed by atoms with Crippen molar-refractivity contribution in [1.82, 2.24) is 4.90 Å². The van der Waals surface area contributed by atoms with E-state index in [0.29, 0.717) is 6.47 Å². The van der Waals surface area contributed by atoms with Crippen LogP contribution in [0, 0.1) is 12.8 Å². The summed E-state index contributed by atoms with van der Waals surface area (Å²) in [4.78, 5) is 13.0. The highest BCUT2D eigenvalue weighted by atomic mass is 32.1. The van der Waals surface area contributed by atoms with Crippen molar-refractivity contribution in [2.24, 2.45) is 0 Å². The fourth-order valence-corrected chi connectivity index (χ4v) is 2.99. The number of methoxy groups -OCH3 is 1. The Balaban J connectivity index is 0. The van der Waals surface area contributed by atoms with Gasteiger partial charge in [-0.1, -0.05) is 44.7 Å². The summed E-state index contributed by atoms with van der Waals surface area (Å²) in [7, 11) is 1.31. The molecule has 0 spiro atoms. The molecule has 1 aromatic rings. The standard InChI is InChI=1S/C15H19NS.C2H4O2.C2H6.C2H2/c1-3-5-6-13(4-2)11-16-9-7-15-14(12-16)8-10-17-15;1-4-2-3;2*1-2/h3-6,8,10H,2,7,9,11-12H2,1H3;2H,1H3;1-2H3;1-2H/b5-3-,13-6+;;;. The molecule has 0 fully saturated rings. The smallest absolute Gasteiger partial charge is 0.292 e. The Hall–Kier alpha value is -2.09. The van der Waals surface area contributed by atoms with E-state index in [1.54, 1.807) is 4.88 Å². The highest BCUT2D eigenvalue weighted by Crippen LogP contribution is 2.24. The van der Waals surface area contributed by atoms with Crippen molar-refractivity contribution in [3.8, 4) is 12.8 Å². The predicted octanol–water partition coefficient (Wildman–Crippen LogP) is 4.86. The maximum atomic E-state index is 8.95. The number of carbonyl (C=O) groups excluding carboxylic acids is 1. The predicted molar refractivity (Wildman–Crippen MR) is 111 cm³/mol. The average Bonchev–Trinajstić information content (AvgIpc) is 3.16. The number of fused-ring (bicyclic) bond motifs is 1. The quantitative estimate of drug-likeness (QED) is 0.426. The van der Waals surface area contributed by atoms with Gasteiger partial charge in [0.25, 0.3) is 6.47 Å². The molecule has 0 aliphatic carbocycles. The molecule has 1 aliphatic heterocycles. The van der Waals surface area contributed by atoms with E-state index in [2.05, 4.69) is 58.7 Å². The number of hydrogen-bond acceptors (Lipinski definition) is 4. The third-order valence-electron chi connectivity index (χ3n) is 3.15. The van der Waals surface area contributed by atoms with Gasteiger partial charge in [0.1, 0.15) is 0 Å². The zero-order valence-electron chi connectivity index (χ0n) is 15.9. The van der Waals surface area contributed by atoms with Gasteiger partial charge in [-0.15, -0.1) is 24.2 Å². The van der Waals surface area contributed by atoms with E-state index >= 15 is 0 Å². The molecular formula is C21H31NO2S. The number of carbonyl (C=O) groups is 1. The lowest BCUT2D eigenvalue weighted by molar-refractivity contribution is -0.126. The summed E-state index contributed by atoms with van der Waals surface area (Å²) in [6.07, 6.45) is 17.4. The molecule has 0 aromatic carbocycles. The number of thiophene rings is 1. The van der Waals surface area contributed by atoms with Crippen LogP contribution in [0.25, 0.3) is 0 Å². The SMILES string of the molecule is C#C.C=C/C(=C\C=C/C)CN1CCc2sccc2C1.CC.COC=O. The topological polar surface area (TPSA) is 29.5 Å². The minimum absolute atomic E-state index is 0.375. The first-order valence-corrected chi connectivity index (χ1v) is 9.14. The van der Waals surface area contributed by atoms with Gasteiger partial charge < -0.3 is 4.74 Å². The Morgan fingerprint density at radius 2 is 2.08 bits per heavy atom. The van der Waals surface area contributed by atoms with E-state index in [1.165, 1.54) is 24.7 Å². The number of rotatable bonds is 5. The van der Waals surface area contributed by atoms with Gasteiger partial charge in [0.05, 0.1) is 7.11 Å². The zero-order chi connectivity index (χ0) is 19.5. The zero-order valence-corrected chi connectivity index (χ0v) is 16.7. The summed E-state index contributed by atoms with van der Waals surface area (Å²) in [6.45, 7) is 13.5. The van der Waals surface area contributed by atoms with E-state index in [-0.39, 0.29) is 0 Å². The van der Waals surface area contributed by atoms with Crippen LogP contribution >= 0.6 is 11.3 Å². The van der Waals surface area contributed by atoms with Gasteiger partial charge in [0.15, 0.2) is 0 Å². The second-order valence-corrected chi connectivity index (χ2v) is 5.63. The molecule has 1 aliphatic rings. The van der Waals surface area contributed by atoms with Crippen LogP contribution in [0.15, 0.2) is 47.9 Å². The van der Waals surface area contributed by atoms with Crippen molar-refractivity contribution < 1.29 is 9.53 Å². The first-order valence-electron chi connectivity index (χ1n) is 8.26. The molecule has 0 saturated carbocycles. The fourth-order valence-electron chi connectivity index (χ4n) is 2.11. The molecule has 0 unspecified atom stereocenters. The molecule has 0 N–H and O–H groups in total. The second kappa shape index (κ2) is 18.3. The molecular weight excluding hydrogens is 330 g/mol. The number of ether oxygens (including phenoxy) is 1. The molecule has 2 heterocycles. The van der Waals surface area contributed by atoms with Gasteiger partial charge in [-0.3, -0.25) is 9.69 Å². The van der Waals surface area contributed by atoms with Crippen molar-refractivity contribution in [3.05, 3.63) is 58.3 Å². The monoisotopic (exact) mass is 361 g/mol. The highest BCUT2D eigenvalue weighted by molar-refractivity contribution is 7.10. The molecule has 3 nitrogen and oxygen atoms in total. The van der Waals surface area contributed by atoms with Gasteiger partial charge >= 0.3 is 0 Å². The summed E-state index contributed by atoms with van der Waals surface area (Å²) in [5, 5.41) is 2.21. The molecule has 0 amide bonds. The van der Waals surface area contributed by atoms with Crippen LogP contribution < -0.4 is 0 Å². The minimum atomic E-state index is 0.375. The third-order valence-corrected chi connectivity index (χ3v) is 4.18. The van der Waals surface area contributed by atoms with Crippen LogP contribution in [0.5, 0.6) is 0 Å². The lowest BCUT2D eigenvalue weighted by atomic mass is 10.1. The summed E-state index contributed by atoms with van der Waals surface area (Å²) in [6, 6.07) is 2.26. The maximum absolute atomic E-state index is 8.95. The van der Waals surface area contributed by atoms with Gasteiger partial charge in [-0.25, -0.2) is 0 Å². The van der Waals surface area contributed by atoms with Gasteiger partial charge in [0, 0.05) is 24.5 Å². The first kappa shape index (κ1) is 25.2. The summed E-state index contributed by atoms with van der Waals surface area (Å²) in [5.41, 5.74) is 2.80. The second-order valence-electron chi connectivity index (χ2n) is 4.63. The van der Waals surface area contributed by atoms with Crippen LogP contribution in [0.3, 0.4) is 0 Å². The summed E-state index contributed by atoms with van der Waals surface area (Å²) >= 11 is 1.89. The van der Waals surface area contributed by atoms with Crippen LogP contribution in [0.2, 0.25) is 0 Å². The van der Waals surface area contributed by atoms with E-state index in [0.717, 1.165) is 19.6 Å². The number of allylic oxidation sites excluding steroid dienone is 3. The van der Waals surface area contributed by atoms with Crippen LogP contribution in [-0.2, 0) is 22.5 Å². The Bertz CT molecular complexity index is 541. The van der Waals surface area contributed by atoms with Crippen LogP contribution in [-0.4, -0.2) is 31.6 Å². The minimum Gasteiger partial charge on any atom is -0.471 e. The largest absolute Gasteiger partial charge is 0.471 e. The molecule has 0 atom stereocenters. The molecule has 138 valence electrons. The number of hydrogen-bond donors (Lipinski definition) is 0. The van der Waals surface area contributed by atoms with E-state index in [9.17, 15) is 0 Å². The number of terminal acetylenes is 1. The van der Waals surface area contributed by atoms with Crippen molar-refractivity contribution in [3.63, 3.8) is 0 Å². The molecule has 0 bridgehead atoms. The molecule has 4 heteroatoms. The maximum Gasteiger partial charge on any atom is 0.292 e. The lowest BCUT2D eigenvalue weighted by Crippen LogP contribution is -2.31. The van der Waals surface area contributed by atoms with E-state index in [1.807, 2.05) is 38.2 Å².